The van der Waals surface area contributed by atoms with Gasteiger partial charge in [0.05, 0.1) is 5.41 Å². The topological polar surface area (TPSA) is 0 Å². The summed E-state index contributed by atoms with van der Waals surface area (Å²) in [6.07, 6.45) is 0. The molecule has 394 valence electrons. The van der Waals surface area contributed by atoms with Crippen molar-refractivity contribution in [2.75, 3.05) is 0 Å². The molecule has 0 aliphatic heterocycles. The fourth-order valence-electron chi connectivity index (χ4n) is 13.5. The van der Waals surface area contributed by atoms with Crippen LogP contribution < -0.4 is 0 Å². The van der Waals surface area contributed by atoms with Crippen molar-refractivity contribution in [3.05, 3.63) is 348 Å². The fourth-order valence-corrected chi connectivity index (χ4v) is 13.5. The van der Waals surface area contributed by atoms with Crippen LogP contribution in [0.25, 0.3) is 111 Å². The molecule has 14 rings (SSSR count). The Morgan fingerprint density at radius 2 is 0.518 bits per heavy atom. The lowest BCUT2D eigenvalue weighted by molar-refractivity contribution is 0.769. The third-order valence-corrected chi connectivity index (χ3v) is 17.2. The van der Waals surface area contributed by atoms with Crippen molar-refractivity contribution in [1.29, 1.82) is 0 Å². The van der Waals surface area contributed by atoms with Crippen LogP contribution >= 0.6 is 0 Å². The molecule has 0 unspecified atom stereocenters. The zero-order valence-corrected chi connectivity index (χ0v) is 47.4. The van der Waals surface area contributed by atoms with Gasteiger partial charge in [-0.05, 0) is 233 Å². The first-order valence-electron chi connectivity index (χ1n) is 29.0. The third kappa shape index (κ3) is 9.43. The Labute approximate surface area is 489 Å². The Morgan fingerprint density at radius 1 is 0.193 bits per heavy atom. The van der Waals surface area contributed by atoms with Crippen LogP contribution in [0.15, 0.2) is 303 Å². The SMILES string of the molecule is Cc1cc(C)c(-c2cccc3c2-c2cc(C)ccc2C3(c2cccc(-c3cccc(-c4cc(-c5ccccc5)cc(-c5ccccc5)c4)c3)c2)c2cccc(-c3cccc(-c4cc(-c5ccccc5)cc(-c5ccccc5)c4)c3)c2)c(C)c1. The average molecular weight is 1060 g/mol. The average Bonchev–Trinajstić information content (AvgIpc) is 2.59. The summed E-state index contributed by atoms with van der Waals surface area (Å²) < 4.78 is 0. The minimum absolute atomic E-state index is 0.689. The number of benzene rings is 13. The summed E-state index contributed by atoms with van der Waals surface area (Å²) in [5.74, 6) is 0. The Balaban J connectivity index is 0.955. The van der Waals surface area contributed by atoms with Crippen molar-refractivity contribution >= 4 is 0 Å². The normalized spacial score (nSPS) is 12.2. The van der Waals surface area contributed by atoms with Gasteiger partial charge >= 0.3 is 0 Å². The smallest absolute Gasteiger partial charge is 0.0622 e. The predicted octanol–water partition coefficient (Wildman–Crippen LogP) is 22.3. The van der Waals surface area contributed by atoms with Gasteiger partial charge in [0, 0.05) is 0 Å². The van der Waals surface area contributed by atoms with E-state index in [1.54, 1.807) is 0 Å². The van der Waals surface area contributed by atoms with Crippen LogP contribution in [0, 0.1) is 27.7 Å². The van der Waals surface area contributed by atoms with Crippen molar-refractivity contribution in [1.82, 2.24) is 0 Å². The highest BCUT2D eigenvalue weighted by molar-refractivity contribution is 5.98. The van der Waals surface area contributed by atoms with Gasteiger partial charge in [-0.2, -0.15) is 0 Å². The molecule has 13 aromatic rings. The standard InChI is InChI=1S/C83H62/c1-55-40-41-79-78(44-55)82-77(81-57(3)42-56(2)43-58(81)4)38-21-39-80(82)83(79,75-36-19-34-67(53-75)63-30-17-32-65(45-63)73-49-69(59-22-9-5-10-23-59)47-70(50-73)60-24-11-6-12-25-60)76-37-20-35-68(54-76)64-31-18-33-66(46-64)74-51-71(61-26-13-7-14-27-61)48-72(52-74)62-28-15-8-16-29-62/h5-54H,1-4H3. The molecule has 0 aromatic heterocycles. The zero-order valence-electron chi connectivity index (χ0n) is 47.4. The monoisotopic (exact) mass is 1060 g/mol. The second-order valence-corrected chi connectivity index (χ2v) is 22.7. The summed E-state index contributed by atoms with van der Waals surface area (Å²) >= 11 is 0. The summed E-state index contributed by atoms with van der Waals surface area (Å²) in [5.41, 5.74) is 33.7. The van der Waals surface area contributed by atoms with Gasteiger partial charge in [0.1, 0.15) is 0 Å². The lowest BCUT2D eigenvalue weighted by atomic mass is 9.66. The van der Waals surface area contributed by atoms with Crippen LogP contribution in [0.2, 0.25) is 0 Å². The highest BCUT2D eigenvalue weighted by Gasteiger charge is 2.47. The molecule has 1 aliphatic carbocycles. The molecular weight excluding hydrogens is 997 g/mol. The highest BCUT2D eigenvalue weighted by Crippen LogP contribution is 2.59. The summed E-state index contributed by atoms with van der Waals surface area (Å²) in [5, 5.41) is 0. The summed E-state index contributed by atoms with van der Waals surface area (Å²) in [6, 6.07) is 113. The summed E-state index contributed by atoms with van der Waals surface area (Å²) in [6.45, 7) is 9.01. The van der Waals surface area contributed by atoms with E-state index >= 15 is 0 Å². The number of aryl methyl sites for hydroxylation is 4. The number of hydrogen-bond donors (Lipinski definition) is 0. The molecule has 0 nitrogen and oxygen atoms in total. The minimum Gasteiger partial charge on any atom is -0.0622 e. The van der Waals surface area contributed by atoms with E-state index in [0.29, 0.717) is 0 Å². The molecule has 0 amide bonds. The molecule has 0 heterocycles. The second kappa shape index (κ2) is 21.4. The molecule has 0 saturated heterocycles. The van der Waals surface area contributed by atoms with E-state index in [-0.39, 0.29) is 0 Å². The molecule has 1 aliphatic rings. The van der Waals surface area contributed by atoms with Gasteiger partial charge in [-0.15, -0.1) is 0 Å². The van der Waals surface area contributed by atoms with E-state index in [0.717, 1.165) is 0 Å². The minimum atomic E-state index is -0.689. The molecular formula is C83H62. The van der Waals surface area contributed by atoms with Crippen molar-refractivity contribution in [3.63, 3.8) is 0 Å². The molecule has 0 saturated carbocycles. The number of fused-ring (bicyclic) bond motifs is 3. The maximum atomic E-state index is 2.49. The first-order valence-corrected chi connectivity index (χ1v) is 29.0. The van der Waals surface area contributed by atoms with E-state index in [9.17, 15) is 0 Å². The molecule has 83 heavy (non-hydrogen) atoms. The molecule has 0 radical (unpaired) electrons. The molecule has 0 N–H and O–H groups in total. The van der Waals surface area contributed by atoms with E-state index < -0.39 is 5.41 Å². The van der Waals surface area contributed by atoms with Crippen molar-refractivity contribution < 1.29 is 0 Å². The van der Waals surface area contributed by atoms with Crippen LogP contribution in [-0.2, 0) is 5.41 Å². The maximum absolute atomic E-state index is 2.49. The van der Waals surface area contributed by atoms with Gasteiger partial charge < -0.3 is 0 Å². The van der Waals surface area contributed by atoms with E-state index in [4.69, 9.17) is 0 Å². The Morgan fingerprint density at radius 3 is 0.928 bits per heavy atom. The molecule has 0 heteroatoms. The van der Waals surface area contributed by atoms with Crippen LogP contribution in [-0.4, -0.2) is 0 Å². The molecule has 0 fully saturated rings. The third-order valence-electron chi connectivity index (χ3n) is 17.2. The van der Waals surface area contributed by atoms with Gasteiger partial charge in [0.2, 0.25) is 0 Å². The van der Waals surface area contributed by atoms with Gasteiger partial charge in [-0.3, -0.25) is 0 Å². The lowest BCUT2D eigenvalue weighted by Crippen LogP contribution is -2.28. The number of hydrogen-bond acceptors (Lipinski definition) is 0. The van der Waals surface area contributed by atoms with Crippen LogP contribution in [0.3, 0.4) is 0 Å². The van der Waals surface area contributed by atoms with Gasteiger partial charge in [-0.25, -0.2) is 0 Å². The largest absolute Gasteiger partial charge is 0.0714 e. The van der Waals surface area contributed by atoms with Crippen LogP contribution in [0.5, 0.6) is 0 Å². The number of rotatable bonds is 11. The Kier molecular flexibility index (Phi) is 13.2. The summed E-state index contributed by atoms with van der Waals surface area (Å²) in [7, 11) is 0. The Hall–Kier alpha value is -10.1. The predicted molar refractivity (Wildman–Crippen MR) is 352 cm³/mol. The zero-order chi connectivity index (χ0) is 56.0. The fraction of sp³-hybridized carbons (Fsp3) is 0.0602. The van der Waals surface area contributed by atoms with Crippen LogP contribution in [0.4, 0.5) is 0 Å². The van der Waals surface area contributed by atoms with Crippen LogP contribution in [0.1, 0.15) is 44.5 Å². The lowest BCUT2D eigenvalue weighted by Gasteiger charge is -2.35. The molecule has 13 aromatic carbocycles. The quantitative estimate of drug-likeness (QED) is 0.121. The molecule has 0 bridgehead atoms. The first-order chi connectivity index (χ1) is 40.7. The molecule has 0 spiro atoms. The first kappa shape index (κ1) is 51.0. The van der Waals surface area contributed by atoms with Crippen molar-refractivity contribution in [2.24, 2.45) is 0 Å². The van der Waals surface area contributed by atoms with Gasteiger partial charge in [0.15, 0.2) is 0 Å². The highest BCUT2D eigenvalue weighted by atomic mass is 14.5. The van der Waals surface area contributed by atoms with Crippen molar-refractivity contribution in [3.8, 4) is 111 Å². The Bertz CT molecular complexity index is 4210. The van der Waals surface area contributed by atoms with E-state index in [2.05, 4.69) is 331 Å². The van der Waals surface area contributed by atoms with Crippen molar-refractivity contribution in [2.45, 2.75) is 33.1 Å². The van der Waals surface area contributed by atoms with E-state index in [1.807, 2.05) is 0 Å². The molecule has 0 atom stereocenters. The van der Waals surface area contributed by atoms with E-state index in [1.165, 1.54) is 156 Å². The maximum Gasteiger partial charge on any atom is 0.0714 e. The van der Waals surface area contributed by atoms with Gasteiger partial charge in [0.25, 0.3) is 0 Å². The summed E-state index contributed by atoms with van der Waals surface area (Å²) in [4.78, 5) is 0. The second-order valence-electron chi connectivity index (χ2n) is 22.7. The van der Waals surface area contributed by atoms with Gasteiger partial charge in [-0.1, -0.05) is 254 Å².